The number of hydrogen-bond acceptors (Lipinski definition) is 6. The fourth-order valence-electron chi connectivity index (χ4n) is 2.53. The summed E-state index contributed by atoms with van der Waals surface area (Å²) in [6, 6.07) is 6.83. The number of nitrogens with one attached hydrogen (secondary N) is 1. The molecule has 25 heavy (non-hydrogen) atoms. The Hall–Kier alpha value is -2.87. The maximum absolute atomic E-state index is 12.4. The fourth-order valence-corrected chi connectivity index (χ4v) is 2.53. The van der Waals surface area contributed by atoms with Crippen LogP contribution in [0.15, 0.2) is 30.5 Å². The third-order valence-electron chi connectivity index (χ3n) is 3.85. The first-order valence-electron chi connectivity index (χ1n) is 7.90. The van der Waals surface area contributed by atoms with Crippen LogP contribution in [0.25, 0.3) is 10.9 Å². The highest BCUT2D eigenvalue weighted by atomic mass is 16.6. The van der Waals surface area contributed by atoms with Gasteiger partial charge in [0.2, 0.25) is 0 Å². The van der Waals surface area contributed by atoms with E-state index in [2.05, 4.69) is 15.0 Å². The fraction of sp³-hybridized carbons (Fsp3) is 0.353. The van der Waals surface area contributed by atoms with Crippen molar-refractivity contribution in [3.05, 3.63) is 30.5 Å². The number of amides is 2. The van der Waals surface area contributed by atoms with Gasteiger partial charge in [-0.05, 0) is 24.3 Å². The minimum atomic E-state index is -0.478. The monoisotopic (exact) mass is 345 g/mol. The third-order valence-corrected chi connectivity index (χ3v) is 3.85. The molecule has 2 aromatic rings. The molecule has 0 atom stereocenters. The second kappa shape index (κ2) is 7.80. The Labute approximate surface area is 144 Å². The molecule has 3 rings (SSSR count). The van der Waals surface area contributed by atoms with Crippen LogP contribution < -0.4 is 10.1 Å². The number of urea groups is 1. The zero-order valence-electron chi connectivity index (χ0n) is 13.9. The van der Waals surface area contributed by atoms with E-state index in [1.54, 1.807) is 29.3 Å². The van der Waals surface area contributed by atoms with E-state index >= 15 is 0 Å². The second-order valence-corrected chi connectivity index (χ2v) is 5.41. The van der Waals surface area contributed by atoms with Gasteiger partial charge in [0, 0.05) is 24.7 Å². The first-order valence-corrected chi connectivity index (χ1v) is 7.90. The summed E-state index contributed by atoms with van der Waals surface area (Å²) < 4.78 is 15.3. The number of rotatable bonds is 4. The van der Waals surface area contributed by atoms with Crippen molar-refractivity contribution in [1.29, 1.82) is 0 Å². The second-order valence-electron chi connectivity index (χ2n) is 5.41. The van der Waals surface area contributed by atoms with Crippen molar-refractivity contribution >= 4 is 28.6 Å². The number of hydrogen-bond donors (Lipinski definition) is 1. The molecule has 0 unspecified atom stereocenters. The van der Waals surface area contributed by atoms with E-state index < -0.39 is 5.97 Å². The van der Waals surface area contributed by atoms with Gasteiger partial charge in [0.15, 0.2) is 6.61 Å². The van der Waals surface area contributed by atoms with Gasteiger partial charge in [-0.25, -0.2) is 9.59 Å². The molecule has 0 bridgehead atoms. The smallest absolute Gasteiger partial charge is 0.343 e. The molecule has 2 amide bonds. The van der Waals surface area contributed by atoms with Gasteiger partial charge in [-0.2, -0.15) is 0 Å². The Bertz CT molecular complexity index is 774. The molecule has 0 saturated carbocycles. The lowest BCUT2D eigenvalue weighted by atomic mass is 10.1. The Kier molecular flexibility index (Phi) is 5.30. The average Bonchev–Trinajstić information content (AvgIpc) is 2.67. The van der Waals surface area contributed by atoms with Crippen LogP contribution in [-0.2, 0) is 14.3 Å². The minimum Gasteiger partial charge on any atom is -0.480 e. The molecule has 132 valence electrons. The summed E-state index contributed by atoms with van der Waals surface area (Å²) in [4.78, 5) is 29.7. The highest BCUT2D eigenvalue weighted by Crippen LogP contribution is 2.30. The van der Waals surface area contributed by atoms with Crippen LogP contribution >= 0.6 is 0 Å². The number of esters is 1. The predicted octanol–water partition coefficient (Wildman–Crippen LogP) is 1.65. The summed E-state index contributed by atoms with van der Waals surface area (Å²) in [5, 5.41) is 3.63. The molecule has 1 N–H and O–H groups in total. The van der Waals surface area contributed by atoms with E-state index in [-0.39, 0.29) is 12.6 Å². The summed E-state index contributed by atoms with van der Waals surface area (Å²) >= 11 is 0. The standard InChI is InChI=1S/C17H19N3O5/c1-23-15(21)11-25-14-5-4-13(12-3-2-6-18-16(12)14)19-17(22)20-7-9-24-10-8-20/h2-6H,7-11H2,1H3,(H,19,22). The van der Waals surface area contributed by atoms with E-state index in [9.17, 15) is 9.59 Å². The van der Waals surface area contributed by atoms with Crippen molar-refractivity contribution in [2.75, 3.05) is 45.3 Å². The van der Waals surface area contributed by atoms with Gasteiger partial charge in [0.25, 0.3) is 0 Å². The van der Waals surface area contributed by atoms with Crippen molar-refractivity contribution in [3.63, 3.8) is 0 Å². The quantitative estimate of drug-likeness (QED) is 0.848. The van der Waals surface area contributed by atoms with Crippen LogP contribution in [0, 0.1) is 0 Å². The molecule has 8 nitrogen and oxygen atoms in total. The first-order chi connectivity index (χ1) is 12.2. The topological polar surface area (TPSA) is 90.0 Å². The lowest BCUT2D eigenvalue weighted by Gasteiger charge is -2.27. The number of pyridine rings is 1. The van der Waals surface area contributed by atoms with Gasteiger partial charge in [-0.3, -0.25) is 4.98 Å². The highest BCUT2D eigenvalue weighted by molar-refractivity contribution is 6.02. The summed E-state index contributed by atoms with van der Waals surface area (Å²) in [7, 11) is 1.30. The number of carbonyl (C=O) groups is 2. The lowest BCUT2D eigenvalue weighted by Crippen LogP contribution is -2.43. The van der Waals surface area contributed by atoms with Crippen LogP contribution in [0.4, 0.5) is 10.5 Å². The van der Waals surface area contributed by atoms with Gasteiger partial charge >= 0.3 is 12.0 Å². The zero-order chi connectivity index (χ0) is 17.6. The van der Waals surface area contributed by atoms with Gasteiger partial charge in [-0.1, -0.05) is 0 Å². The Morgan fingerprint density at radius 1 is 1.28 bits per heavy atom. The molecule has 8 heteroatoms. The van der Waals surface area contributed by atoms with E-state index in [0.717, 1.165) is 5.39 Å². The maximum Gasteiger partial charge on any atom is 0.343 e. The largest absolute Gasteiger partial charge is 0.480 e. The van der Waals surface area contributed by atoms with Gasteiger partial charge in [0.1, 0.15) is 11.3 Å². The molecule has 1 aromatic carbocycles. The zero-order valence-corrected chi connectivity index (χ0v) is 13.9. The summed E-state index contributed by atoms with van der Waals surface area (Å²) in [5.41, 5.74) is 1.19. The number of fused-ring (bicyclic) bond motifs is 1. The number of benzene rings is 1. The van der Waals surface area contributed by atoms with Crippen molar-refractivity contribution in [2.45, 2.75) is 0 Å². The van der Waals surface area contributed by atoms with Gasteiger partial charge < -0.3 is 24.4 Å². The van der Waals surface area contributed by atoms with Crippen LogP contribution in [0.1, 0.15) is 0 Å². The normalized spacial score (nSPS) is 14.2. The number of methoxy groups -OCH3 is 1. The summed E-state index contributed by atoms with van der Waals surface area (Å²) in [6.45, 7) is 1.98. The van der Waals surface area contributed by atoms with Crippen molar-refractivity contribution in [2.24, 2.45) is 0 Å². The minimum absolute atomic E-state index is 0.184. The molecular weight excluding hydrogens is 326 g/mol. The van der Waals surface area contributed by atoms with Crippen molar-refractivity contribution in [1.82, 2.24) is 9.88 Å². The number of nitrogens with zero attached hydrogens (tertiary/aromatic N) is 2. The predicted molar refractivity (Wildman–Crippen MR) is 90.7 cm³/mol. The highest BCUT2D eigenvalue weighted by Gasteiger charge is 2.18. The van der Waals surface area contributed by atoms with Crippen LogP contribution in [-0.4, -0.2) is 61.9 Å². The van der Waals surface area contributed by atoms with E-state index in [0.29, 0.717) is 43.3 Å². The molecule has 1 aliphatic heterocycles. The molecule has 1 saturated heterocycles. The van der Waals surface area contributed by atoms with E-state index in [1.165, 1.54) is 7.11 Å². The molecule has 1 aromatic heterocycles. The van der Waals surface area contributed by atoms with Crippen LogP contribution in [0.2, 0.25) is 0 Å². The Morgan fingerprint density at radius 2 is 2.08 bits per heavy atom. The molecule has 2 heterocycles. The Balaban J connectivity index is 1.82. The SMILES string of the molecule is COC(=O)COc1ccc(NC(=O)N2CCOCC2)c2cccnc12. The van der Waals surface area contributed by atoms with Crippen molar-refractivity contribution in [3.8, 4) is 5.75 Å². The molecular formula is C17H19N3O5. The first kappa shape index (κ1) is 17.0. The molecule has 0 aliphatic carbocycles. The van der Waals surface area contributed by atoms with Crippen LogP contribution in [0.3, 0.4) is 0 Å². The number of morpholine rings is 1. The lowest BCUT2D eigenvalue weighted by molar-refractivity contribution is -0.142. The number of carbonyl (C=O) groups excluding carboxylic acids is 2. The van der Waals surface area contributed by atoms with Gasteiger partial charge in [0.05, 0.1) is 26.0 Å². The van der Waals surface area contributed by atoms with E-state index in [4.69, 9.17) is 9.47 Å². The molecule has 0 spiro atoms. The number of anilines is 1. The number of ether oxygens (including phenoxy) is 3. The van der Waals surface area contributed by atoms with Crippen molar-refractivity contribution < 1.29 is 23.8 Å². The molecule has 1 fully saturated rings. The molecule has 0 radical (unpaired) electrons. The summed E-state index contributed by atoms with van der Waals surface area (Å²) in [6.07, 6.45) is 1.63. The summed E-state index contributed by atoms with van der Waals surface area (Å²) in [5.74, 6) is -0.0286. The third kappa shape index (κ3) is 3.97. The van der Waals surface area contributed by atoms with E-state index in [1.807, 2.05) is 6.07 Å². The average molecular weight is 345 g/mol. The molecule has 1 aliphatic rings. The maximum atomic E-state index is 12.4. The van der Waals surface area contributed by atoms with Crippen LogP contribution in [0.5, 0.6) is 5.75 Å². The Morgan fingerprint density at radius 3 is 2.84 bits per heavy atom. The number of aromatic nitrogens is 1. The van der Waals surface area contributed by atoms with Gasteiger partial charge in [-0.15, -0.1) is 0 Å².